The van der Waals surface area contributed by atoms with E-state index in [1.54, 1.807) is 24.3 Å². The van der Waals surface area contributed by atoms with Crippen molar-refractivity contribution in [1.29, 1.82) is 0 Å². The molecule has 2 aromatic carbocycles. The lowest BCUT2D eigenvalue weighted by molar-refractivity contribution is -0.113. The van der Waals surface area contributed by atoms with Gasteiger partial charge < -0.3 is 4.74 Å². The number of amides is 1. The van der Waals surface area contributed by atoms with Gasteiger partial charge in [-0.1, -0.05) is 60.7 Å². The minimum atomic E-state index is -0.138. The summed E-state index contributed by atoms with van der Waals surface area (Å²) in [6, 6.07) is 14.8. The van der Waals surface area contributed by atoms with E-state index in [1.165, 1.54) is 16.7 Å². The molecule has 1 saturated heterocycles. The third-order valence-corrected chi connectivity index (χ3v) is 5.54. The molecule has 1 atom stereocenters. The molecule has 134 valence electrons. The normalized spacial score (nSPS) is 17.0. The first kappa shape index (κ1) is 19.0. The van der Waals surface area contributed by atoms with Gasteiger partial charge in [0.25, 0.3) is 5.91 Å². The highest BCUT2D eigenvalue weighted by Crippen LogP contribution is 2.37. The summed E-state index contributed by atoms with van der Waals surface area (Å²) in [5.74, 6) is 0.624. The van der Waals surface area contributed by atoms with E-state index in [-0.39, 0.29) is 12.0 Å². The second kappa shape index (κ2) is 8.25. The summed E-state index contributed by atoms with van der Waals surface area (Å²) in [7, 11) is 0. The van der Waals surface area contributed by atoms with Crippen LogP contribution in [0.2, 0.25) is 5.02 Å². The van der Waals surface area contributed by atoms with Crippen LogP contribution in [0.4, 0.5) is 5.69 Å². The molecule has 1 amide bonds. The van der Waals surface area contributed by atoms with Crippen molar-refractivity contribution in [2.45, 2.75) is 26.4 Å². The van der Waals surface area contributed by atoms with Crippen LogP contribution in [0.15, 0.2) is 53.4 Å². The molecule has 0 aromatic heterocycles. The summed E-state index contributed by atoms with van der Waals surface area (Å²) in [4.78, 5) is 15.0. The lowest BCUT2D eigenvalue weighted by Gasteiger charge is -2.15. The van der Waals surface area contributed by atoms with Crippen LogP contribution in [0.3, 0.4) is 0 Å². The van der Waals surface area contributed by atoms with Gasteiger partial charge in [-0.05, 0) is 49.8 Å². The molecule has 1 heterocycles. The summed E-state index contributed by atoms with van der Waals surface area (Å²) in [5.41, 5.74) is 1.58. The van der Waals surface area contributed by atoms with Gasteiger partial charge in [-0.25, -0.2) is 0 Å². The van der Waals surface area contributed by atoms with E-state index in [1.807, 2.05) is 37.3 Å². The van der Waals surface area contributed by atoms with Gasteiger partial charge in [0.05, 0.1) is 16.7 Å². The van der Waals surface area contributed by atoms with E-state index in [9.17, 15) is 4.79 Å². The van der Waals surface area contributed by atoms with Gasteiger partial charge >= 0.3 is 0 Å². The van der Waals surface area contributed by atoms with Gasteiger partial charge in [0, 0.05) is 10.6 Å². The number of carbonyl (C=O) groups excluding carboxylic acids is 1. The molecule has 3 rings (SSSR count). The van der Waals surface area contributed by atoms with Crippen LogP contribution in [-0.4, -0.2) is 16.3 Å². The second-order valence-corrected chi connectivity index (χ2v) is 7.98. The summed E-state index contributed by atoms with van der Waals surface area (Å²) in [6.07, 6.45) is 2.85. The summed E-state index contributed by atoms with van der Waals surface area (Å²) in [6.45, 7) is 4.10. The number of nitrogens with zero attached hydrogens (tertiary/aromatic N) is 1. The number of rotatable bonds is 5. The molecule has 0 radical (unpaired) electrons. The van der Waals surface area contributed by atoms with Crippen molar-refractivity contribution < 1.29 is 9.53 Å². The molecule has 0 N–H and O–H groups in total. The first-order valence-corrected chi connectivity index (χ1v) is 9.89. The molecule has 0 bridgehead atoms. The Morgan fingerprint density at radius 3 is 2.62 bits per heavy atom. The van der Waals surface area contributed by atoms with E-state index in [4.69, 9.17) is 28.6 Å². The Bertz CT molecular complexity index is 864. The minimum Gasteiger partial charge on any atom is -0.490 e. The molecule has 1 aliphatic rings. The van der Waals surface area contributed by atoms with Crippen LogP contribution in [0, 0.1) is 0 Å². The maximum absolute atomic E-state index is 12.9. The number of thioether (sulfide) groups is 1. The Morgan fingerprint density at radius 2 is 1.92 bits per heavy atom. The van der Waals surface area contributed by atoms with Gasteiger partial charge in [0.15, 0.2) is 4.32 Å². The first-order valence-electron chi connectivity index (χ1n) is 8.28. The van der Waals surface area contributed by atoms with E-state index >= 15 is 0 Å². The Labute approximate surface area is 168 Å². The van der Waals surface area contributed by atoms with E-state index in [2.05, 4.69) is 6.92 Å². The number of thiocarbonyl (C=S) groups is 1. The average molecular weight is 404 g/mol. The number of ether oxygens (including phenoxy) is 1. The quantitative estimate of drug-likeness (QED) is 0.457. The highest BCUT2D eigenvalue weighted by molar-refractivity contribution is 8.27. The van der Waals surface area contributed by atoms with Crippen molar-refractivity contribution in [3.63, 3.8) is 0 Å². The molecule has 3 nitrogen and oxygen atoms in total. The molecule has 26 heavy (non-hydrogen) atoms. The molecular formula is C20H18ClNO2S2. The van der Waals surface area contributed by atoms with E-state index in [0.717, 1.165) is 17.7 Å². The lowest BCUT2D eigenvalue weighted by atomic mass is 10.1. The molecular weight excluding hydrogens is 386 g/mol. The van der Waals surface area contributed by atoms with E-state index < -0.39 is 0 Å². The summed E-state index contributed by atoms with van der Waals surface area (Å²) < 4.78 is 6.47. The maximum Gasteiger partial charge on any atom is 0.270 e. The lowest BCUT2D eigenvalue weighted by Crippen LogP contribution is -2.27. The fraction of sp³-hybridized carbons (Fsp3) is 0.200. The predicted octanol–water partition coefficient (Wildman–Crippen LogP) is 5.92. The van der Waals surface area contributed by atoms with Crippen molar-refractivity contribution in [2.75, 3.05) is 4.90 Å². The van der Waals surface area contributed by atoms with Crippen LogP contribution >= 0.6 is 35.6 Å². The monoisotopic (exact) mass is 403 g/mol. The Balaban J connectivity index is 1.90. The third kappa shape index (κ3) is 4.11. The number of halogens is 1. The minimum absolute atomic E-state index is 0.105. The zero-order valence-corrected chi connectivity index (χ0v) is 16.8. The molecule has 1 fully saturated rings. The Kier molecular flexibility index (Phi) is 6.01. The van der Waals surface area contributed by atoms with Crippen LogP contribution < -0.4 is 9.64 Å². The number of anilines is 1. The number of carbonyl (C=O) groups is 1. The van der Waals surface area contributed by atoms with Gasteiger partial charge in [-0.3, -0.25) is 9.69 Å². The van der Waals surface area contributed by atoms with Crippen LogP contribution in [0.25, 0.3) is 6.08 Å². The molecule has 1 aliphatic heterocycles. The Hall–Kier alpha value is -1.82. The maximum atomic E-state index is 12.9. The van der Waals surface area contributed by atoms with Crippen molar-refractivity contribution >= 4 is 57.6 Å². The van der Waals surface area contributed by atoms with Gasteiger partial charge in [0.2, 0.25) is 0 Å². The molecule has 0 aliphatic carbocycles. The van der Waals surface area contributed by atoms with Gasteiger partial charge in [-0.2, -0.15) is 0 Å². The number of hydrogen-bond donors (Lipinski definition) is 0. The fourth-order valence-corrected chi connectivity index (χ4v) is 3.84. The summed E-state index contributed by atoms with van der Waals surface area (Å²) >= 11 is 12.6. The molecule has 0 saturated carbocycles. The van der Waals surface area contributed by atoms with Gasteiger partial charge in [0.1, 0.15) is 5.75 Å². The molecule has 6 heteroatoms. The van der Waals surface area contributed by atoms with Gasteiger partial charge in [-0.15, -0.1) is 0 Å². The molecule has 2 aromatic rings. The van der Waals surface area contributed by atoms with Crippen LogP contribution in [-0.2, 0) is 4.79 Å². The smallest absolute Gasteiger partial charge is 0.270 e. The standard InChI is InChI=1S/C20H18ClNO2S2/c1-3-13(2)24-17-7-5-4-6-14(17)12-18-19(23)22(20(25)26-18)16-10-8-15(21)9-11-16/h4-13H,3H2,1-2H3/b18-12-/t13-/m0/s1. The highest BCUT2D eigenvalue weighted by atomic mass is 35.5. The average Bonchev–Trinajstić information content (AvgIpc) is 2.91. The van der Waals surface area contributed by atoms with Crippen molar-refractivity contribution in [2.24, 2.45) is 0 Å². The highest BCUT2D eigenvalue weighted by Gasteiger charge is 2.33. The number of para-hydroxylation sites is 1. The van der Waals surface area contributed by atoms with Crippen LogP contribution in [0.5, 0.6) is 5.75 Å². The largest absolute Gasteiger partial charge is 0.490 e. The van der Waals surface area contributed by atoms with Crippen molar-refractivity contribution in [1.82, 2.24) is 0 Å². The zero-order valence-electron chi connectivity index (χ0n) is 14.4. The third-order valence-electron chi connectivity index (χ3n) is 3.99. The molecule has 0 spiro atoms. The number of hydrogen-bond acceptors (Lipinski definition) is 4. The molecule has 0 unspecified atom stereocenters. The van der Waals surface area contributed by atoms with Crippen molar-refractivity contribution in [3.8, 4) is 5.75 Å². The summed E-state index contributed by atoms with van der Waals surface area (Å²) in [5, 5.41) is 0.617. The van der Waals surface area contributed by atoms with E-state index in [0.29, 0.717) is 19.9 Å². The number of benzene rings is 2. The zero-order chi connectivity index (χ0) is 18.7. The van der Waals surface area contributed by atoms with Crippen molar-refractivity contribution in [3.05, 3.63) is 64.0 Å². The Morgan fingerprint density at radius 1 is 1.23 bits per heavy atom. The predicted molar refractivity (Wildman–Crippen MR) is 114 cm³/mol. The second-order valence-electron chi connectivity index (χ2n) is 5.87. The van der Waals surface area contributed by atoms with Crippen LogP contribution in [0.1, 0.15) is 25.8 Å². The fourth-order valence-electron chi connectivity index (χ4n) is 2.43. The first-order chi connectivity index (χ1) is 12.5. The topological polar surface area (TPSA) is 29.5 Å². The SMILES string of the molecule is CC[C@H](C)Oc1ccccc1/C=C1\SC(=S)N(c2ccc(Cl)cc2)C1=O.